The van der Waals surface area contributed by atoms with Gasteiger partial charge in [0.05, 0.1) is 5.60 Å². The van der Waals surface area contributed by atoms with Gasteiger partial charge in [0.1, 0.15) is 11.5 Å². The average molecular weight is 244 g/mol. The summed E-state index contributed by atoms with van der Waals surface area (Å²) in [4.78, 5) is 37.7. The molecular weight excluding hydrogens is 228 g/mol. The Bertz CT molecular complexity index is 365. The summed E-state index contributed by atoms with van der Waals surface area (Å²) in [5.74, 6) is -1.32. The maximum Gasteiger partial charge on any atom is 0.328 e. The van der Waals surface area contributed by atoms with Crippen LogP contribution >= 0.6 is 0 Å². The lowest BCUT2D eigenvalue weighted by molar-refractivity contribution is -0.231. The first kappa shape index (κ1) is 15.3. The van der Waals surface area contributed by atoms with Crippen molar-refractivity contribution in [3.05, 3.63) is 5.57 Å². The molecule has 0 radical (unpaired) electrons. The quantitative estimate of drug-likeness (QED) is 0.377. The lowest BCUT2D eigenvalue weighted by Gasteiger charge is -2.30. The smallest absolute Gasteiger partial charge is 0.328 e. The predicted molar refractivity (Wildman–Crippen MR) is 58.4 cm³/mol. The van der Waals surface area contributed by atoms with Crippen molar-refractivity contribution in [2.45, 2.75) is 32.4 Å². The Labute approximate surface area is 98.8 Å². The Morgan fingerprint density at radius 2 is 1.88 bits per heavy atom. The highest BCUT2D eigenvalue weighted by Gasteiger charge is 2.34. The summed E-state index contributed by atoms with van der Waals surface area (Å²) in [6.45, 7) is 5.07. The van der Waals surface area contributed by atoms with E-state index in [1.54, 1.807) is 20.8 Å². The van der Waals surface area contributed by atoms with Gasteiger partial charge in [-0.05, 0) is 20.8 Å². The molecule has 0 rings (SSSR count). The molecule has 0 aliphatic rings. The average Bonchev–Trinajstić information content (AvgIpc) is 2.08. The van der Waals surface area contributed by atoms with Gasteiger partial charge >= 0.3 is 5.97 Å². The predicted octanol–water partition coefficient (Wildman–Crippen LogP) is -0.655. The standard InChI is InChI=1S/C10H16N2O5/c1-10(2,3)17-12(4)7(9(15)16)6(5-13)8(11)14/h7H,1-4H3,(H2,11,14)(H,15,16)/t7-/m0/s1. The van der Waals surface area contributed by atoms with Gasteiger partial charge in [-0.25, -0.2) is 4.79 Å². The van der Waals surface area contributed by atoms with Crippen LogP contribution in [-0.2, 0) is 19.2 Å². The third-order valence-electron chi connectivity index (χ3n) is 1.66. The van der Waals surface area contributed by atoms with Crippen LogP contribution in [0.5, 0.6) is 0 Å². The first-order valence-electron chi connectivity index (χ1n) is 4.79. The first-order valence-corrected chi connectivity index (χ1v) is 4.79. The molecule has 0 bridgehead atoms. The van der Waals surface area contributed by atoms with E-state index in [9.17, 15) is 14.4 Å². The van der Waals surface area contributed by atoms with Gasteiger partial charge < -0.3 is 10.8 Å². The van der Waals surface area contributed by atoms with E-state index in [-0.39, 0.29) is 0 Å². The van der Waals surface area contributed by atoms with Crippen molar-refractivity contribution >= 4 is 17.8 Å². The third-order valence-corrected chi connectivity index (χ3v) is 1.66. The number of carbonyl (C=O) groups excluding carboxylic acids is 2. The van der Waals surface area contributed by atoms with Crippen LogP contribution in [0.4, 0.5) is 0 Å². The van der Waals surface area contributed by atoms with Crippen LogP contribution in [0.3, 0.4) is 0 Å². The molecule has 1 atom stereocenters. The van der Waals surface area contributed by atoms with Crippen molar-refractivity contribution in [2.75, 3.05) is 7.05 Å². The van der Waals surface area contributed by atoms with Crippen LogP contribution < -0.4 is 5.73 Å². The van der Waals surface area contributed by atoms with Gasteiger partial charge in [0.2, 0.25) is 0 Å². The van der Waals surface area contributed by atoms with E-state index in [4.69, 9.17) is 15.7 Å². The number of carboxylic acids is 1. The van der Waals surface area contributed by atoms with Crippen LogP contribution in [0.1, 0.15) is 20.8 Å². The van der Waals surface area contributed by atoms with E-state index < -0.39 is 29.1 Å². The molecule has 0 saturated heterocycles. The number of hydroxylamine groups is 2. The highest BCUT2D eigenvalue weighted by atomic mass is 16.7. The van der Waals surface area contributed by atoms with Gasteiger partial charge in [-0.2, -0.15) is 5.06 Å². The monoisotopic (exact) mass is 244 g/mol. The van der Waals surface area contributed by atoms with Crippen molar-refractivity contribution in [1.82, 2.24) is 5.06 Å². The van der Waals surface area contributed by atoms with Gasteiger partial charge in [0.15, 0.2) is 6.04 Å². The number of primary amides is 1. The van der Waals surface area contributed by atoms with E-state index in [1.807, 2.05) is 0 Å². The fraction of sp³-hybridized carbons (Fsp3) is 0.600. The second-order valence-corrected chi connectivity index (χ2v) is 4.37. The van der Waals surface area contributed by atoms with Crippen molar-refractivity contribution in [2.24, 2.45) is 5.73 Å². The van der Waals surface area contributed by atoms with E-state index >= 15 is 0 Å². The molecule has 0 spiro atoms. The topological polar surface area (TPSA) is 110 Å². The molecule has 7 nitrogen and oxygen atoms in total. The zero-order valence-corrected chi connectivity index (χ0v) is 10.2. The molecule has 1 amide bonds. The molecule has 7 heteroatoms. The Morgan fingerprint density at radius 3 is 2.12 bits per heavy atom. The summed E-state index contributed by atoms with van der Waals surface area (Å²) in [5, 5.41) is 9.86. The first-order chi connectivity index (χ1) is 7.60. The van der Waals surface area contributed by atoms with Gasteiger partial charge in [0.25, 0.3) is 5.91 Å². The van der Waals surface area contributed by atoms with E-state index in [0.29, 0.717) is 0 Å². The summed E-state index contributed by atoms with van der Waals surface area (Å²) in [5.41, 5.74) is 3.54. The number of nitrogens with two attached hydrogens (primary N) is 1. The minimum atomic E-state index is -1.58. The summed E-state index contributed by atoms with van der Waals surface area (Å²) < 4.78 is 0. The molecule has 0 saturated carbocycles. The molecule has 0 aliphatic carbocycles. The largest absolute Gasteiger partial charge is 0.480 e. The molecule has 0 aromatic carbocycles. The van der Waals surface area contributed by atoms with Crippen molar-refractivity contribution in [1.29, 1.82) is 0 Å². The molecule has 0 aromatic rings. The van der Waals surface area contributed by atoms with Gasteiger partial charge in [-0.1, -0.05) is 0 Å². The number of hydrogen-bond acceptors (Lipinski definition) is 5. The molecule has 0 unspecified atom stereocenters. The third kappa shape index (κ3) is 4.78. The summed E-state index contributed by atoms with van der Waals surface area (Å²) in [6.07, 6.45) is 0. The highest BCUT2D eigenvalue weighted by Crippen LogP contribution is 2.15. The fourth-order valence-corrected chi connectivity index (χ4v) is 1.19. The second-order valence-electron chi connectivity index (χ2n) is 4.37. The number of hydrogen-bond donors (Lipinski definition) is 2. The zero-order valence-electron chi connectivity index (χ0n) is 10.2. The van der Waals surface area contributed by atoms with Gasteiger partial charge in [-0.15, -0.1) is 0 Å². The van der Waals surface area contributed by atoms with Crippen LogP contribution in [0.25, 0.3) is 0 Å². The molecule has 0 aromatic heterocycles. The summed E-state index contributed by atoms with van der Waals surface area (Å²) in [6, 6.07) is -1.58. The minimum absolute atomic E-state index is 0.673. The number of rotatable bonds is 5. The Morgan fingerprint density at radius 1 is 1.41 bits per heavy atom. The number of carboxylic acid groups (broad SMARTS) is 1. The van der Waals surface area contributed by atoms with Crippen molar-refractivity contribution in [3.63, 3.8) is 0 Å². The Kier molecular flexibility index (Phi) is 5.03. The van der Waals surface area contributed by atoms with Crippen molar-refractivity contribution < 1.29 is 24.3 Å². The number of nitrogens with zero attached hydrogens (tertiary/aromatic N) is 1. The maximum absolute atomic E-state index is 11.0. The van der Waals surface area contributed by atoms with Crippen LogP contribution in [-0.4, -0.2) is 46.7 Å². The van der Waals surface area contributed by atoms with Crippen molar-refractivity contribution in [3.8, 4) is 0 Å². The highest BCUT2D eigenvalue weighted by molar-refractivity contribution is 6.05. The molecule has 3 N–H and O–H groups in total. The lowest BCUT2D eigenvalue weighted by Crippen LogP contribution is -2.46. The normalized spacial score (nSPS) is 13.0. The molecule has 96 valence electrons. The van der Waals surface area contributed by atoms with Crippen LogP contribution in [0.15, 0.2) is 5.57 Å². The molecule has 0 heterocycles. The molecule has 17 heavy (non-hydrogen) atoms. The Hall–Kier alpha value is -1.69. The van der Waals surface area contributed by atoms with Gasteiger partial charge in [-0.3, -0.25) is 14.4 Å². The van der Waals surface area contributed by atoms with E-state index in [1.165, 1.54) is 13.0 Å². The second kappa shape index (κ2) is 5.58. The SMILES string of the molecule is CN(OC(C)(C)C)[C@H](C(=O)O)C(=C=O)C(N)=O. The summed E-state index contributed by atoms with van der Waals surface area (Å²) >= 11 is 0. The van der Waals surface area contributed by atoms with E-state index in [0.717, 1.165) is 5.06 Å². The number of carbonyl (C=O) groups is 2. The van der Waals surface area contributed by atoms with Crippen LogP contribution in [0.2, 0.25) is 0 Å². The van der Waals surface area contributed by atoms with E-state index in [2.05, 4.69) is 0 Å². The van der Waals surface area contributed by atoms with Gasteiger partial charge in [0, 0.05) is 7.05 Å². The number of amides is 1. The molecule has 0 fully saturated rings. The lowest BCUT2D eigenvalue weighted by atomic mass is 10.1. The number of aliphatic carboxylic acids is 1. The number of likely N-dealkylation sites (N-methyl/N-ethyl adjacent to an activating group) is 1. The Balaban J connectivity index is 5.19. The van der Waals surface area contributed by atoms with Crippen LogP contribution in [0, 0.1) is 0 Å². The zero-order chi connectivity index (χ0) is 13.8. The molecule has 0 aliphatic heterocycles. The molecular formula is C10H16N2O5. The minimum Gasteiger partial charge on any atom is -0.480 e. The fourth-order valence-electron chi connectivity index (χ4n) is 1.19. The summed E-state index contributed by atoms with van der Waals surface area (Å²) in [7, 11) is 1.30. The maximum atomic E-state index is 11.0.